The predicted octanol–water partition coefficient (Wildman–Crippen LogP) is 7.31. The summed E-state index contributed by atoms with van der Waals surface area (Å²) in [6.45, 7) is 16.6. The molecule has 0 fully saturated rings. The standard InChI is InChI=1S/C32H38O7S/c1-10-37-25(35)17-40-30-26(20-15-23(31(4,5)6)27(36)24(16-20)32(7,8)9)28(38-18(2)33)21-13-11-12-14-22(21)29(30)39-19(3)34/h11-16,36H,10,17H2,1-9H3. The van der Waals surface area contributed by atoms with Gasteiger partial charge in [0, 0.05) is 41.3 Å². The average molecular weight is 567 g/mol. The maximum Gasteiger partial charge on any atom is 0.316 e. The lowest BCUT2D eigenvalue weighted by molar-refractivity contribution is -0.140. The molecule has 0 aromatic heterocycles. The predicted molar refractivity (Wildman–Crippen MR) is 158 cm³/mol. The number of fused-ring (bicyclic) bond motifs is 1. The van der Waals surface area contributed by atoms with Gasteiger partial charge in [0.2, 0.25) is 0 Å². The van der Waals surface area contributed by atoms with Gasteiger partial charge in [-0.1, -0.05) is 65.8 Å². The molecule has 0 aliphatic carbocycles. The molecule has 3 aromatic carbocycles. The van der Waals surface area contributed by atoms with Crippen LogP contribution in [0, 0.1) is 0 Å². The number of hydrogen-bond donors (Lipinski definition) is 1. The Morgan fingerprint density at radius 2 is 1.30 bits per heavy atom. The third-order valence-corrected chi connectivity index (χ3v) is 7.28. The van der Waals surface area contributed by atoms with Crippen LogP contribution in [0.1, 0.15) is 73.4 Å². The molecule has 0 aliphatic heterocycles. The number of carbonyl (C=O) groups excluding carboxylic acids is 3. The van der Waals surface area contributed by atoms with E-state index in [9.17, 15) is 19.5 Å². The second-order valence-corrected chi connectivity index (χ2v) is 12.6. The van der Waals surface area contributed by atoms with Crippen LogP contribution in [0.15, 0.2) is 41.3 Å². The Kier molecular flexibility index (Phi) is 9.24. The molecule has 0 amide bonds. The molecule has 3 rings (SSSR count). The molecule has 0 saturated heterocycles. The molecule has 0 unspecified atom stereocenters. The van der Waals surface area contributed by atoms with Crippen molar-refractivity contribution in [3.8, 4) is 28.4 Å². The van der Waals surface area contributed by atoms with Crippen molar-refractivity contribution < 1.29 is 33.7 Å². The third kappa shape index (κ3) is 6.78. The average Bonchev–Trinajstić information content (AvgIpc) is 2.83. The zero-order valence-corrected chi connectivity index (χ0v) is 25.5. The molecule has 7 nitrogen and oxygen atoms in total. The molecule has 0 atom stereocenters. The van der Waals surface area contributed by atoms with E-state index in [-0.39, 0.29) is 29.6 Å². The van der Waals surface area contributed by atoms with Crippen molar-refractivity contribution in [1.82, 2.24) is 0 Å². The number of benzene rings is 3. The number of aromatic hydroxyl groups is 1. The van der Waals surface area contributed by atoms with Gasteiger partial charge in [0.25, 0.3) is 0 Å². The molecule has 40 heavy (non-hydrogen) atoms. The van der Waals surface area contributed by atoms with Crippen molar-refractivity contribution in [2.45, 2.75) is 78.0 Å². The number of rotatable bonds is 7. The maximum absolute atomic E-state index is 12.5. The maximum atomic E-state index is 12.5. The highest BCUT2D eigenvalue weighted by Gasteiger charge is 2.31. The third-order valence-electron chi connectivity index (χ3n) is 6.22. The van der Waals surface area contributed by atoms with Crippen molar-refractivity contribution in [2.24, 2.45) is 0 Å². The number of phenolic OH excluding ortho intramolecular Hbond substituents is 1. The Hall–Kier alpha value is -3.52. The molecule has 0 spiro atoms. The topological polar surface area (TPSA) is 99.1 Å². The van der Waals surface area contributed by atoms with Crippen LogP contribution in [0.5, 0.6) is 17.2 Å². The lowest BCUT2D eigenvalue weighted by atomic mass is 9.77. The van der Waals surface area contributed by atoms with Gasteiger partial charge in [-0.05, 0) is 35.4 Å². The monoisotopic (exact) mass is 566 g/mol. The van der Waals surface area contributed by atoms with E-state index in [1.807, 2.05) is 53.7 Å². The summed E-state index contributed by atoms with van der Waals surface area (Å²) in [5, 5.41) is 12.5. The summed E-state index contributed by atoms with van der Waals surface area (Å²) >= 11 is 1.14. The van der Waals surface area contributed by atoms with Gasteiger partial charge >= 0.3 is 17.9 Å². The first-order valence-corrected chi connectivity index (χ1v) is 14.2. The van der Waals surface area contributed by atoms with E-state index < -0.39 is 28.7 Å². The van der Waals surface area contributed by atoms with Gasteiger partial charge in [-0.25, -0.2) is 0 Å². The zero-order valence-electron chi connectivity index (χ0n) is 24.7. The highest BCUT2D eigenvalue weighted by Crippen LogP contribution is 2.52. The number of thioether (sulfide) groups is 1. The zero-order chi connectivity index (χ0) is 30.0. The van der Waals surface area contributed by atoms with E-state index in [0.29, 0.717) is 37.9 Å². The van der Waals surface area contributed by atoms with Crippen LogP contribution >= 0.6 is 11.8 Å². The smallest absolute Gasteiger partial charge is 0.316 e. The van der Waals surface area contributed by atoms with Gasteiger partial charge in [-0.3, -0.25) is 14.4 Å². The van der Waals surface area contributed by atoms with Gasteiger partial charge in [0.1, 0.15) is 11.5 Å². The molecule has 3 aromatic rings. The van der Waals surface area contributed by atoms with Gasteiger partial charge in [-0.2, -0.15) is 0 Å². The Bertz CT molecular complexity index is 1420. The van der Waals surface area contributed by atoms with Crippen molar-refractivity contribution in [1.29, 1.82) is 0 Å². The van der Waals surface area contributed by atoms with Crippen LogP contribution in [0.2, 0.25) is 0 Å². The number of hydrogen-bond acceptors (Lipinski definition) is 8. The fourth-order valence-corrected chi connectivity index (χ4v) is 5.49. The van der Waals surface area contributed by atoms with Crippen molar-refractivity contribution >= 4 is 40.4 Å². The molecular formula is C32H38O7S. The fourth-order valence-electron chi connectivity index (χ4n) is 4.50. The fraction of sp³-hybridized carbons (Fsp3) is 0.406. The second kappa shape index (κ2) is 11.9. The van der Waals surface area contributed by atoms with Crippen LogP contribution in [0.4, 0.5) is 0 Å². The van der Waals surface area contributed by atoms with Gasteiger partial charge < -0.3 is 19.3 Å². The van der Waals surface area contributed by atoms with E-state index in [0.717, 1.165) is 11.8 Å². The minimum absolute atomic E-state index is 0.0662. The molecule has 0 aliphatic rings. The normalized spacial score (nSPS) is 11.8. The Balaban J connectivity index is 2.58. The molecule has 0 radical (unpaired) electrons. The number of phenols is 1. The lowest BCUT2D eigenvalue weighted by Crippen LogP contribution is -2.17. The number of esters is 3. The van der Waals surface area contributed by atoms with E-state index in [1.165, 1.54) is 13.8 Å². The number of ether oxygens (including phenoxy) is 3. The lowest BCUT2D eigenvalue weighted by Gasteiger charge is -2.29. The summed E-state index contributed by atoms with van der Waals surface area (Å²) < 4.78 is 16.8. The van der Waals surface area contributed by atoms with Crippen LogP contribution in [0.25, 0.3) is 21.9 Å². The van der Waals surface area contributed by atoms with Crippen LogP contribution in [-0.4, -0.2) is 35.4 Å². The molecule has 0 saturated carbocycles. The number of carbonyl (C=O) groups is 3. The quantitative estimate of drug-likeness (QED) is 0.181. The molecular weight excluding hydrogens is 528 g/mol. The van der Waals surface area contributed by atoms with Crippen molar-refractivity contribution in [3.63, 3.8) is 0 Å². The Morgan fingerprint density at radius 3 is 1.75 bits per heavy atom. The summed E-state index contributed by atoms with van der Waals surface area (Å²) in [6, 6.07) is 10.9. The van der Waals surface area contributed by atoms with Gasteiger partial charge in [0.05, 0.1) is 17.3 Å². The second-order valence-electron chi connectivity index (χ2n) is 11.6. The highest BCUT2D eigenvalue weighted by molar-refractivity contribution is 8.00. The largest absolute Gasteiger partial charge is 0.507 e. The summed E-state index contributed by atoms with van der Waals surface area (Å²) in [5.74, 6) is -0.847. The molecule has 214 valence electrons. The van der Waals surface area contributed by atoms with Crippen molar-refractivity contribution in [2.75, 3.05) is 12.4 Å². The first kappa shape index (κ1) is 31.0. The van der Waals surface area contributed by atoms with E-state index in [1.54, 1.807) is 31.2 Å². The summed E-state index contributed by atoms with van der Waals surface area (Å²) in [5.41, 5.74) is 1.66. The minimum atomic E-state index is -0.536. The van der Waals surface area contributed by atoms with Gasteiger partial charge in [0.15, 0.2) is 5.75 Å². The first-order chi connectivity index (χ1) is 18.6. The van der Waals surface area contributed by atoms with Crippen LogP contribution in [0.3, 0.4) is 0 Å². The molecule has 1 N–H and O–H groups in total. The summed E-state index contributed by atoms with van der Waals surface area (Å²) in [7, 11) is 0. The van der Waals surface area contributed by atoms with E-state index in [2.05, 4.69) is 0 Å². The Morgan fingerprint density at radius 1 is 0.825 bits per heavy atom. The summed E-state index contributed by atoms with van der Waals surface area (Å²) in [4.78, 5) is 37.7. The molecule has 0 bridgehead atoms. The van der Waals surface area contributed by atoms with E-state index >= 15 is 0 Å². The van der Waals surface area contributed by atoms with Crippen LogP contribution < -0.4 is 9.47 Å². The summed E-state index contributed by atoms with van der Waals surface area (Å²) in [6.07, 6.45) is 0. The molecule has 8 heteroatoms. The minimum Gasteiger partial charge on any atom is -0.507 e. The van der Waals surface area contributed by atoms with Crippen molar-refractivity contribution in [3.05, 3.63) is 47.5 Å². The SMILES string of the molecule is CCOC(=O)CSc1c(-c2cc(C(C)(C)C)c(O)c(C(C)(C)C)c2)c(OC(C)=O)c2ccccc2c1OC(C)=O. The first-order valence-electron chi connectivity index (χ1n) is 13.2. The molecule has 0 heterocycles. The van der Waals surface area contributed by atoms with Gasteiger partial charge in [-0.15, -0.1) is 11.8 Å². The van der Waals surface area contributed by atoms with Crippen LogP contribution in [-0.2, 0) is 30.0 Å². The Labute approximate surface area is 240 Å². The highest BCUT2D eigenvalue weighted by atomic mass is 32.2. The van der Waals surface area contributed by atoms with E-state index in [4.69, 9.17) is 14.2 Å².